The van der Waals surface area contributed by atoms with Crippen molar-refractivity contribution < 1.29 is 9.53 Å². The van der Waals surface area contributed by atoms with Crippen LogP contribution >= 0.6 is 33.9 Å². The third kappa shape index (κ3) is 5.15. The second-order valence-electron chi connectivity index (χ2n) is 8.61. The summed E-state index contributed by atoms with van der Waals surface area (Å²) in [4.78, 5) is 20.0. The van der Waals surface area contributed by atoms with Crippen LogP contribution in [0.25, 0.3) is 21.0 Å². The Balaban J connectivity index is 1.57. The van der Waals surface area contributed by atoms with E-state index in [1.807, 2.05) is 45.1 Å². The van der Waals surface area contributed by atoms with Crippen LogP contribution in [-0.4, -0.2) is 42.5 Å². The molecule has 7 heteroatoms. The van der Waals surface area contributed by atoms with E-state index in [1.165, 1.54) is 16.7 Å². The molecule has 1 heterocycles. The first-order valence-corrected chi connectivity index (χ1v) is 12.7. The van der Waals surface area contributed by atoms with Gasteiger partial charge in [0.25, 0.3) is 0 Å². The molecular formula is C25H28IN3O2S. The fraction of sp³-hybridized carbons (Fsp3) is 0.360. The third-order valence-corrected chi connectivity index (χ3v) is 7.30. The SMILES string of the molecule is CC(C)Oc1ccc(-c2ncc(-c3cccc4c3CC[C@@H]4NC(=O)CN(C)C)s2)cc1I. The Morgan fingerprint density at radius 3 is 2.84 bits per heavy atom. The average Bonchev–Trinajstić information content (AvgIpc) is 3.36. The molecule has 1 N–H and O–H groups in total. The molecular weight excluding hydrogens is 533 g/mol. The Morgan fingerprint density at radius 2 is 2.12 bits per heavy atom. The van der Waals surface area contributed by atoms with Gasteiger partial charge in [-0.2, -0.15) is 0 Å². The predicted octanol–water partition coefficient (Wildman–Crippen LogP) is 5.53. The van der Waals surface area contributed by atoms with Gasteiger partial charge in [-0.25, -0.2) is 4.98 Å². The Morgan fingerprint density at radius 1 is 1.31 bits per heavy atom. The molecule has 3 aromatic rings. The summed E-state index contributed by atoms with van der Waals surface area (Å²) < 4.78 is 6.95. The highest BCUT2D eigenvalue weighted by Crippen LogP contribution is 2.41. The lowest BCUT2D eigenvalue weighted by atomic mass is 10.0. The molecule has 1 aliphatic carbocycles. The molecule has 1 atom stereocenters. The van der Waals surface area contributed by atoms with E-state index in [0.29, 0.717) is 6.54 Å². The number of likely N-dealkylation sites (N-methyl/N-ethyl adjacent to an activating group) is 1. The van der Waals surface area contributed by atoms with Crippen molar-refractivity contribution in [2.75, 3.05) is 20.6 Å². The molecule has 2 aromatic carbocycles. The molecule has 1 aromatic heterocycles. The van der Waals surface area contributed by atoms with Crippen molar-refractivity contribution in [3.8, 4) is 26.8 Å². The molecule has 0 spiro atoms. The van der Waals surface area contributed by atoms with E-state index >= 15 is 0 Å². The van der Waals surface area contributed by atoms with Crippen molar-refractivity contribution >= 4 is 39.8 Å². The van der Waals surface area contributed by atoms with Gasteiger partial charge in [-0.05, 0) is 98.3 Å². The van der Waals surface area contributed by atoms with Crippen LogP contribution < -0.4 is 10.1 Å². The van der Waals surface area contributed by atoms with E-state index in [9.17, 15) is 4.79 Å². The number of nitrogens with one attached hydrogen (secondary N) is 1. The van der Waals surface area contributed by atoms with Crippen LogP contribution in [0.1, 0.15) is 37.4 Å². The standard InChI is InChI=1S/C25H28IN3O2S/c1-15(2)31-22-11-8-16(12-20(22)26)25-27-13-23(32-25)19-7-5-6-18-17(19)9-10-21(18)28-24(30)14-29(3)4/h5-8,11-13,15,21H,9-10,14H2,1-4H3,(H,28,30)/t21-/m0/s1. The number of thiazole rings is 1. The maximum absolute atomic E-state index is 12.3. The normalized spacial score (nSPS) is 15.3. The molecule has 32 heavy (non-hydrogen) atoms. The molecule has 0 radical (unpaired) electrons. The zero-order valence-electron chi connectivity index (χ0n) is 18.8. The molecule has 0 saturated carbocycles. The maximum Gasteiger partial charge on any atom is 0.234 e. The highest BCUT2D eigenvalue weighted by Gasteiger charge is 2.27. The molecule has 0 bridgehead atoms. The first-order chi connectivity index (χ1) is 15.3. The van der Waals surface area contributed by atoms with Gasteiger partial charge in [0.2, 0.25) is 5.91 Å². The summed E-state index contributed by atoms with van der Waals surface area (Å²) in [6, 6.07) is 12.7. The van der Waals surface area contributed by atoms with Gasteiger partial charge in [0, 0.05) is 11.8 Å². The molecule has 0 saturated heterocycles. The molecule has 0 fully saturated rings. The van der Waals surface area contributed by atoms with Crippen LogP contribution in [0.5, 0.6) is 5.75 Å². The van der Waals surface area contributed by atoms with Crippen LogP contribution in [-0.2, 0) is 11.2 Å². The van der Waals surface area contributed by atoms with Crippen molar-refractivity contribution in [3.63, 3.8) is 0 Å². The number of fused-ring (bicyclic) bond motifs is 1. The zero-order valence-corrected chi connectivity index (χ0v) is 21.8. The van der Waals surface area contributed by atoms with E-state index in [2.05, 4.69) is 58.2 Å². The third-order valence-electron chi connectivity index (χ3n) is 5.38. The molecule has 0 unspecified atom stereocenters. The van der Waals surface area contributed by atoms with Gasteiger partial charge in [-0.3, -0.25) is 4.79 Å². The fourth-order valence-electron chi connectivity index (χ4n) is 4.08. The number of nitrogens with zero attached hydrogens (tertiary/aromatic N) is 2. The monoisotopic (exact) mass is 561 g/mol. The van der Waals surface area contributed by atoms with E-state index in [1.54, 1.807) is 11.3 Å². The highest BCUT2D eigenvalue weighted by molar-refractivity contribution is 14.1. The largest absolute Gasteiger partial charge is 0.490 e. The van der Waals surface area contributed by atoms with Gasteiger partial charge < -0.3 is 15.0 Å². The first-order valence-electron chi connectivity index (χ1n) is 10.8. The quantitative estimate of drug-likeness (QED) is 0.386. The van der Waals surface area contributed by atoms with E-state index in [-0.39, 0.29) is 18.1 Å². The number of hydrogen-bond acceptors (Lipinski definition) is 5. The highest BCUT2D eigenvalue weighted by atomic mass is 127. The molecule has 1 amide bonds. The number of amides is 1. The Kier molecular flexibility index (Phi) is 7.17. The van der Waals surface area contributed by atoms with Crippen LogP contribution in [0, 0.1) is 3.57 Å². The summed E-state index contributed by atoms with van der Waals surface area (Å²) in [7, 11) is 3.82. The number of rotatable bonds is 7. The second-order valence-corrected chi connectivity index (χ2v) is 10.8. The Bertz CT molecular complexity index is 1130. The van der Waals surface area contributed by atoms with E-state index in [4.69, 9.17) is 9.72 Å². The van der Waals surface area contributed by atoms with Crippen molar-refractivity contribution in [2.45, 2.75) is 38.8 Å². The lowest BCUT2D eigenvalue weighted by molar-refractivity contribution is -0.122. The van der Waals surface area contributed by atoms with Crippen LogP contribution in [0.2, 0.25) is 0 Å². The molecule has 4 rings (SSSR count). The minimum atomic E-state index is 0.0674. The fourth-order valence-corrected chi connectivity index (χ4v) is 5.69. The lowest BCUT2D eigenvalue weighted by Gasteiger charge is -2.16. The molecule has 1 aliphatic rings. The number of benzene rings is 2. The minimum absolute atomic E-state index is 0.0674. The topological polar surface area (TPSA) is 54.5 Å². The first kappa shape index (κ1) is 23.2. The lowest BCUT2D eigenvalue weighted by Crippen LogP contribution is -2.35. The summed E-state index contributed by atoms with van der Waals surface area (Å²) in [6.07, 6.45) is 4.02. The summed E-state index contributed by atoms with van der Waals surface area (Å²) >= 11 is 4.03. The average molecular weight is 561 g/mol. The summed E-state index contributed by atoms with van der Waals surface area (Å²) in [6.45, 7) is 4.48. The summed E-state index contributed by atoms with van der Waals surface area (Å²) in [5.74, 6) is 0.974. The van der Waals surface area contributed by atoms with Crippen LogP contribution in [0.15, 0.2) is 42.6 Å². The summed E-state index contributed by atoms with van der Waals surface area (Å²) in [5, 5.41) is 4.20. The number of carbonyl (C=O) groups excluding carboxylic acids is 1. The van der Waals surface area contributed by atoms with Gasteiger partial charge in [-0.15, -0.1) is 11.3 Å². The van der Waals surface area contributed by atoms with Gasteiger partial charge in [-0.1, -0.05) is 18.2 Å². The maximum atomic E-state index is 12.3. The van der Waals surface area contributed by atoms with Crippen LogP contribution in [0.4, 0.5) is 0 Å². The van der Waals surface area contributed by atoms with Crippen molar-refractivity contribution in [1.82, 2.24) is 15.2 Å². The molecule has 168 valence electrons. The van der Waals surface area contributed by atoms with E-state index in [0.717, 1.165) is 37.6 Å². The van der Waals surface area contributed by atoms with Gasteiger partial charge in [0.1, 0.15) is 10.8 Å². The van der Waals surface area contributed by atoms with Crippen molar-refractivity contribution in [3.05, 3.63) is 57.3 Å². The van der Waals surface area contributed by atoms with Gasteiger partial charge >= 0.3 is 0 Å². The van der Waals surface area contributed by atoms with Crippen molar-refractivity contribution in [2.24, 2.45) is 0 Å². The molecule has 5 nitrogen and oxygen atoms in total. The van der Waals surface area contributed by atoms with Crippen LogP contribution in [0.3, 0.4) is 0 Å². The van der Waals surface area contributed by atoms with Gasteiger partial charge in [0.15, 0.2) is 0 Å². The molecule has 0 aliphatic heterocycles. The number of carbonyl (C=O) groups is 1. The Hall–Kier alpha value is -1.97. The number of ether oxygens (including phenoxy) is 1. The van der Waals surface area contributed by atoms with E-state index < -0.39 is 0 Å². The number of hydrogen-bond donors (Lipinski definition) is 1. The number of aromatic nitrogens is 1. The minimum Gasteiger partial charge on any atom is -0.490 e. The Labute approximate surface area is 207 Å². The predicted molar refractivity (Wildman–Crippen MR) is 139 cm³/mol. The summed E-state index contributed by atoms with van der Waals surface area (Å²) in [5.41, 5.74) is 4.88. The van der Waals surface area contributed by atoms with Crippen molar-refractivity contribution in [1.29, 1.82) is 0 Å². The van der Waals surface area contributed by atoms with Gasteiger partial charge in [0.05, 0.1) is 27.1 Å². The zero-order chi connectivity index (χ0) is 22.8. The smallest absolute Gasteiger partial charge is 0.234 e. The second kappa shape index (κ2) is 9.89. The number of halogens is 1.